The lowest BCUT2D eigenvalue weighted by molar-refractivity contribution is -0.141. The van der Waals surface area contributed by atoms with E-state index in [1.165, 1.54) is 21.3 Å². The lowest BCUT2D eigenvalue weighted by atomic mass is 10.1. The fraction of sp³-hybridized carbons (Fsp3) is 0.217. The highest BCUT2D eigenvalue weighted by molar-refractivity contribution is 7.09. The molecule has 11 heteroatoms. The number of aromatic nitrogens is 3. The summed E-state index contributed by atoms with van der Waals surface area (Å²) in [5.41, 5.74) is 7.72. The van der Waals surface area contributed by atoms with Crippen LogP contribution < -0.4 is 19.9 Å². The Bertz CT molecular complexity index is 1370. The molecule has 10 nitrogen and oxygen atoms in total. The Morgan fingerprint density at radius 1 is 1.00 bits per heavy atom. The smallest absolute Gasteiger partial charge is 0.325 e. The van der Waals surface area contributed by atoms with Crippen molar-refractivity contribution in [1.82, 2.24) is 13.9 Å². The molecule has 0 radical (unpaired) electrons. The van der Waals surface area contributed by atoms with E-state index >= 15 is 0 Å². The first kappa shape index (κ1) is 23.1. The Labute approximate surface area is 199 Å². The molecule has 4 aromatic rings. The van der Waals surface area contributed by atoms with Gasteiger partial charge in [-0.25, -0.2) is 4.98 Å². The van der Waals surface area contributed by atoms with E-state index in [0.717, 1.165) is 22.4 Å². The first-order valence-corrected chi connectivity index (χ1v) is 10.8. The molecular formula is C23H22N4O6S. The van der Waals surface area contributed by atoms with Gasteiger partial charge in [0, 0.05) is 28.6 Å². The maximum Gasteiger partial charge on any atom is 0.325 e. The van der Waals surface area contributed by atoms with Gasteiger partial charge in [-0.15, -0.1) is 0 Å². The van der Waals surface area contributed by atoms with Gasteiger partial charge in [-0.2, -0.15) is 4.37 Å². The molecule has 0 atom stereocenters. The van der Waals surface area contributed by atoms with Gasteiger partial charge in [-0.1, -0.05) is 0 Å². The Morgan fingerprint density at radius 3 is 2.29 bits per heavy atom. The molecule has 2 N–H and O–H groups in total. The monoisotopic (exact) mass is 482 g/mol. The molecule has 0 aliphatic carbocycles. The lowest BCUT2D eigenvalue weighted by Crippen LogP contribution is -2.13. The number of esters is 1. The molecule has 2 aromatic heterocycles. The number of nitrogens with zero attached hydrogens (tertiary/aromatic N) is 3. The Kier molecular flexibility index (Phi) is 6.37. The third-order valence-corrected chi connectivity index (χ3v) is 6.02. The van der Waals surface area contributed by atoms with Crippen LogP contribution in [0.2, 0.25) is 0 Å². The van der Waals surface area contributed by atoms with Crippen LogP contribution in [0.3, 0.4) is 0 Å². The van der Waals surface area contributed by atoms with Crippen molar-refractivity contribution in [3.63, 3.8) is 0 Å². The van der Waals surface area contributed by atoms with Crippen LogP contribution in [0, 0.1) is 0 Å². The zero-order chi connectivity index (χ0) is 24.4. The summed E-state index contributed by atoms with van der Waals surface area (Å²) in [6.45, 7) is -0.0463. The summed E-state index contributed by atoms with van der Waals surface area (Å²) in [6.07, 6.45) is 0. The van der Waals surface area contributed by atoms with Crippen LogP contribution in [-0.2, 0) is 16.1 Å². The van der Waals surface area contributed by atoms with Gasteiger partial charge in [-0.3, -0.25) is 9.59 Å². The number of rotatable bonds is 8. The number of benzene rings is 2. The highest BCUT2D eigenvalue weighted by Gasteiger charge is 2.22. The molecule has 0 spiro atoms. The number of primary amides is 1. The Hall–Kier alpha value is -4.12. The molecule has 4 rings (SSSR count). The molecule has 0 fully saturated rings. The fourth-order valence-corrected chi connectivity index (χ4v) is 4.32. The van der Waals surface area contributed by atoms with Gasteiger partial charge in [0.1, 0.15) is 29.4 Å². The Balaban J connectivity index is 1.87. The van der Waals surface area contributed by atoms with E-state index in [1.807, 2.05) is 6.07 Å². The summed E-state index contributed by atoms with van der Waals surface area (Å²) < 4.78 is 27.5. The van der Waals surface area contributed by atoms with Crippen LogP contribution in [0.15, 0.2) is 36.4 Å². The second-order valence-corrected chi connectivity index (χ2v) is 7.91. The first-order chi connectivity index (χ1) is 16.4. The second-order valence-electron chi connectivity index (χ2n) is 7.16. The summed E-state index contributed by atoms with van der Waals surface area (Å²) in [7, 11) is 5.95. The first-order valence-electron chi connectivity index (χ1n) is 10.0. The maximum atomic E-state index is 12.1. The number of nitrogens with two attached hydrogens (primary N) is 1. The van der Waals surface area contributed by atoms with Crippen LogP contribution in [0.25, 0.3) is 33.0 Å². The number of methoxy groups -OCH3 is 4. The molecule has 0 saturated heterocycles. The van der Waals surface area contributed by atoms with E-state index in [4.69, 9.17) is 29.7 Å². The van der Waals surface area contributed by atoms with Crippen molar-refractivity contribution in [2.24, 2.45) is 5.73 Å². The minimum Gasteiger partial charge on any atom is -0.496 e. The second kappa shape index (κ2) is 9.40. The van der Waals surface area contributed by atoms with Crippen molar-refractivity contribution in [2.45, 2.75) is 6.54 Å². The van der Waals surface area contributed by atoms with E-state index < -0.39 is 11.9 Å². The van der Waals surface area contributed by atoms with Crippen molar-refractivity contribution in [2.75, 3.05) is 28.4 Å². The normalized spacial score (nSPS) is 10.8. The number of amides is 1. The van der Waals surface area contributed by atoms with Gasteiger partial charge in [0.05, 0.1) is 34.1 Å². The molecular weight excluding hydrogens is 460 g/mol. The minimum atomic E-state index is -0.541. The lowest BCUT2D eigenvalue weighted by Gasteiger charge is -2.12. The van der Waals surface area contributed by atoms with Crippen LogP contribution in [0.1, 0.15) is 10.4 Å². The average Bonchev–Trinajstić information content (AvgIpc) is 3.47. The highest BCUT2D eigenvalue weighted by atomic mass is 32.1. The van der Waals surface area contributed by atoms with E-state index in [9.17, 15) is 9.59 Å². The molecule has 2 aromatic carbocycles. The third-order valence-electron chi connectivity index (χ3n) is 5.28. The zero-order valence-electron chi connectivity index (χ0n) is 18.9. The quantitative estimate of drug-likeness (QED) is 0.380. The maximum absolute atomic E-state index is 12.1. The van der Waals surface area contributed by atoms with Crippen LogP contribution in [0.5, 0.6) is 17.2 Å². The number of ether oxygens (including phenoxy) is 4. The van der Waals surface area contributed by atoms with Crippen LogP contribution in [-0.4, -0.2) is 54.2 Å². The standard InChI is InChI=1S/C23H22N4O6S/c1-30-14-9-17(31-2)20(18(10-14)32-3)22-25-23(34-26-22)16-8-13-7-12(21(24)29)5-6-15(13)27(16)11-19(28)33-4/h5-10H,11H2,1-4H3,(H2,24,29). The van der Waals surface area contributed by atoms with Gasteiger partial charge < -0.3 is 29.2 Å². The molecule has 176 valence electrons. The number of hydrogen-bond donors (Lipinski definition) is 1. The zero-order valence-corrected chi connectivity index (χ0v) is 19.8. The fourth-order valence-electron chi connectivity index (χ4n) is 3.62. The van der Waals surface area contributed by atoms with Crippen LogP contribution >= 0.6 is 11.5 Å². The van der Waals surface area contributed by atoms with E-state index in [2.05, 4.69) is 4.37 Å². The van der Waals surface area contributed by atoms with Gasteiger partial charge in [0.25, 0.3) is 0 Å². The Morgan fingerprint density at radius 2 is 1.71 bits per heavy atom. The summed E-state index contributed by atoms with van der Waals surface area (Å²) in [5.74, 6) is 0.964. The topological polar surface area (TPSA) is 128 Å². The van der Waals surface area contributed by atoms with Gasteiger partial charge in [0.2, 0.25) is 5.91 Å². The number of carbonyl (C=O) groups excluding carboxylic acids is 2. The van der Waals surface area contributed by atoms with E-state index in [0.29, 0.717) is 44.9 Å². The molecule has 1 amide bonds. The van der Waals surface area contributed by atoms with Gasteiger partial charge in [0.15, 0.2) is 10.8 Å². The predicted octanol–water partition coefficient (Wildman–Crippen LogP) is 3.12. The van der Waals surface area contributed by atoms with Crippen LogP contribution in [0.4, 0.5) is 0 Å². The average molecular weight is 483 g/mol. The number of hydrogen-bond acceptors (Lipinski definition) is 9. The number of fused-ring (bicyclic) bond motifs is 1. The third kappa shape index (κ3) is 4.13. The molecule has 0 saturated carbocycles. The summed E-state index contributed by atoms with van der Waals surface area (Å²) in [6, 6.07) is 10.3. The summed E-state index contributed by atoms with van der Waals surface area (Å²) in [5, 5.41) is 1.28. The molecule has 2 heterocycles. The molecule has 0 aliphatic rings. The largest absolute Gasteiger partial charge is 0.496 e. The molecule has 0 bridgehead atoms. The number of carbonyl (C=O) groups is 2. The van der Waals surface area contributed by atoms with Crippen molar-refractivity contribution in [3.05, 3.63) is 42.0 Å². The molecule has 0 aliphatic heterocycles. The highest BCUT2D eigenvalue weighted by Crippen LogP contribution is 2.42. The molecule has 0 unspecified atom stereocenters. The van der Waals surface area contributed by atoms with E-state index in [1.54, 1.807) is 42.0 Å². The summed E-state index contributed by atoms with van der Waals surface area (Å²) >= 11 is 1.15. The summed E-state index contributed by atoms with van der Waals surface area (Å²) in [4.78, 5) is 28.5. The van der Waals surface area contributed by atoms with Crippen molar-refractivity contribution < 1.29 is 28.5 Å². The van der Waals surface area contributed by atoms with Crippen molar-refractivity contribution in [1.29, 1.82) is 0 Å². The van der Waals surface area contributed by atoms with E-state index in [-0.39, 0.29) is 6.54 Å². The predicted molar refractivity (Wildman–Crippen MR) is 126 cm³/mol. The van der Waals surface area contributed by atoms with Crippen molar-refractivity contribution in [3.8, 4) is 39.3 Å². The van der Waals surface area contributed by atoms with Gasteiger partial charge >= 0.3 is 5.97 Å². The van der Waals surface area contributed by atoms with Crippen molar-refractivity contribution >= 4 is 34.3 Å². The molecule has 34 heavy (non-hydrogen) atoms. The minimum absolute atomic E-state index is 0.0463. The SMILES string of the molecule is COC(=O)Cn1c(-c2nc(-c3c(OC)cc(OC)cc3OC)ns2)cc2cc(C(N)=O)ccc21. The van der Waals surface area contributed by atoms with Gasteiger partial charge in [-0.05, 0) is 35.8 Å².